The van der Waals surface area contributed by atoms with Crippen molar-refractivity contribution in [1.29, 1.82) is 0 Å². The molecule has 0 aromatic carbocycles. The fourth-order valence-corrected chi connectivity index (χ4v) is 4.56. The van der Waals surface area contributed by atoms with Crippen LogP contribution in [0.3, 0.4) is 0 Å². The number of nitrogens with zero attached hydrogens (tertiary/aromatic N) is 1. The SMILES string of the molecule is CCSC1CCCC1N1CCC(=O)NC(C)(CC)C1=O. The Morgan fingerprint density at radius 3 is 2.75 bits per heavy atom. The van der Waals surface area contributed by atoms with Gasteiger partial charge in [0.05, 0.1) is 0 Å². The summed E-state index contributed by atoms with van der Waals surface area (Å²) in [7, 11) is 0. The van der Waals surface area contributed by atoms with E-state index in [1.807, 2.05) is 30.5 Å². The van der Waals surface area contributed by atoms with E-state index in [1.165, 1.54) is 12.8 Å². The second kappa shape index (κ2) is 6.37. The maximum absolute atomic E-state index is 12.9. The van der Waals surface area contributed by atoms with Crippen molar-refractivity contribution in [3.8, 4) is 0 Å². The molecule has 1 aliphatic carbocycles. The summed E-state index contributed by atoms with van der Waals surface area (Å²) in [5.74, 6) is 1.20. The van der Waals surface area contributed by atoms with Crippen LogP contribution >= 0.6 is 11.8 Å². The minimum absolute atomic E-state index is 0.00268. The predicted octanol–water partition coefficient (Wildman–Crippen LogP) is 2.18. The van der Waals surface area contributed by atoms with E-state index in [4.69, 9.17) is 0 Å². The average molecular weight is 298 g/mol. The maximum Gasteiger partial charge on any atom is 0.248 e. The van der Waals surface area contributed by atoms with Crippen molar-refractivity contribution in [2.24, 2.45) is 0 Å². The van der Waals surface area contributed by atoms with Crippen LogP contribution in [-0.2, 0) is 9.59 Å². The van der Waals surface area contributed by atoms with Gasteiger partial charge in [-0.15, -0.1) is 0 Å². The van der Waals surface area contributed by atoms with Crippen LogP contribution in [-0.4, -0.2) is 45.8 Å². The van der Waals surface area contributed by atoms with Crippen molar-refractivity contribution in [1.82, 2.24) is 10.2 Å². The first-order valence-electron chi connectivity index (χ1n) is 7.75. The van der Waals surface area contributed by atoms with E-state index in [0.29, 0.717) is 30.7 Å². The molecule has 1 saturated heterocycles. The van der Waals surface area contributed by atoms with Crippen LogP contribution in [0.2, 0.25) is 0 Å². The van der Waals surface area contributed by atoms with E-state index in [1.54, 1.807) is 0 Å². The van der Waals surface area contributed by atoms with Gasteiger partial charge < -0.3 is 10.2 Å². The number of carbonyl (C=O) groups excluding carboxylic acids is 2. The lowest BCUT2D eigenvalue weighted by atomic mass is 9.96. The highest BCUT2D eigenvalue weighted by Crippen LogP contribution is 2.35. The molecule has 2 rings (SSSR count). The molecule has 3 unspecified atom stereocenters. The molecule has 2 fully saturated rings. The fourth-order valence-electron chi connectivity index (χ4n) is 3.29. The summed E-state index contributed by atoms with van der Waals surface area (Å²) in [6, 6.07) is 0.311. The highest BCUT2D eigenvalue weighted by Gasteiger charge is 2.44. The third-order valence-electron chi connectivity index (χ3n) is 4.63. The van der Waals surface area contributed by atoms with E-state index in [0.717, 1.165) is 12.2 Å². The second-order valence-corrected chi connectivity index (χ2v) is 7.49. The highest BCUT2D eigenvalue weighted by molar-refractivity contribution is 7.99. The van der Waals surface area contributed by atoms with Gasteiger partial charge in [0.15, 0.2) is 0 Å². The summed E-state index contributed by atoms with van der Waals surface area (Å²) in [6.45, 7) is 6.58. The first kappa shape index (κ1) is 15.7. The molecule has 1 heterocycles. The van der Waals surface area contributed by atoms with Gasteiger partial charge in [-0.2, -0.15) is 11.8 Å². The van der Waals surface area contributed by atoms with Crippen LogP contribution in [0.4, 0.5) is 0 Å². The van der Waals surface area contributed by atoms with E-state index >= 15 is 0 Å². The average Bonchev–Trinajstić information content (AvgIpc) is 2.83. The first-order chi connectivity index (χ1) is 9.51. The maximum atomic E-state index is 12.9. The van der Waals surface area contributed by atoms with Crippen LogP contribution in [0, 0.1) is 0 Å². The molecule has 0 spiro atoms. The molecule has 114 valence electrons. The minimum Gasteiger partial charge on any atom is -0.342 e. The van der Waals surface area contributed by atoms with Gasteiger partial charge >= 0.3 is 0 Å². The molecule has 4 nitrogen and oxygen atoms in total. The zero-order valence-electron chi connectivity index (χ0n) is 12.8. The number of nitrogens with one attached hydrogen (secondary N) is 1. The largest absolute Gasteiger partial charge is 0.342 e. The molecule has 3 atom stereocenters. The van der Waals surface area contributed by atoms with Crippen LogP contribution in [0.5, 0.6) is 0 Å². The summed E-state index contributed by atoms with van der Waals surface area (Å²) in [5, 5.41) is 3.46. The molecule has 0 radical (unpaired) electrons. The Bertz CT molecular complexity index is 388. The molecule has 0 aromatic rings. The summed E-state index contributed by atoms with van der Waals surface area (Å²) in [5.41, 5.74) is -0.725. The summed E-state index contributed by atoms with van der Waals surface area (Å²) in [4.78, 5) is 26.8. The molecule has 1 N–H and O–H groups in total. The Kier molecular flexibility index (Phi) is 4.99. The van der Waals surface area contributed by atoms with Crippen molar-refractivity contribution in [2.45, 2.75) is 69.7 Å². The van der Waals surface area contributed by atoms with Gasteiger partial charge in [0.1, 0.15) is 5.54 Å². The smallest absolute Gasteiger partial charge is 0.248 e. The van der Waals surface area contributed by atoms with Gasteiger partial charge in [0, 0.05) is 24.3 Å². The van der Waals surface area contributed by atoms with Crippen LogP contribution in [0.15, 0.2) is 0 Å². The Morgan fingerprint density at radius 1 is 1.35 bits per heavy atom. The number of amides is 2. The molecule has 1 aliphatic heterocycles. The summed E-state index contributed by atoms with van der Waals surface area (Å²) >= 11 is 1.96. The molecule has 20 heavy (non-hydrogen) atoms. The Morgan fingerprint density at radius 2 is 2.10 bits per heavy atom. The minimum atomic E-state index is -0.725. The molecular formula is C15H26N2O2S. The molecule has 5 heteroatoms. The summed E-state index contributed by atoms with van der Waals surface area (Å²) < 4.78 is 0. The number of hydrogen-bond acceptors (Lipinski definition) is 3. The van der Waals surface area contributed by atoms with Crippen LogP contribution in [0.25, 0.3) is 0 Å². The van der Waals surface area contributed by atoms with Gasteiger partial charge in [-0.25, -0.2) is 0 Å². The normalized spacial score (nSPS) is 35.0. The standard InChI is InChI=1S/C15H26N2O2S/c1-4-15(3)14(19)17(10-9-13(18)16-15)11-7-6-8-12(11)20-5-2/h11-12H,4-10H2,1-3H3,(H,16,18). The number of hydrogen-bond donors (Lipinski definition) is 1. The van der Waals surface area contributed by atoms with Crippen LogP contribution in [0.1, 0.15) is 52.9 Å². The van der Waals surface area contributed by atoms with Crippen molar-refractivity contribution in [2.75, 3.05) is 12.3 Å². The van der Waals surface area contributed by atoms with Gasteiger partial charge in [0.2, 0.25) is 11.8 Å². The van der Waals surface area contributed by atoms with E-state index in [9.17, 15) is 9.59 Å². The molecule has 0 aromatic heterocycles. The molecule has 2 aliphatic rings. The van der Waals surface area contributed by atoms with Gasteiger partial charge in [-0.05, 0) is 31.9 Å². The molecule has 2 amide bonds. The van der Waals surface area contributed by atoms with E-state index in [-0.39, 0.29) is 11.8 Å². The fraction of sp³-hybridized carbons (Fsp3) is 0.867. The van der Waals surface area contributed by atoms with Gasteiger partial charge in [-0.3, -0.25) is 9.59 Å². The zero-order chi connectivity index (χ0) is 14.8. The van der Waals surface area contributed by atoms with Crippen molar-refractivity contribution >= 4 is 23.6 Å². The molecule has 0 bridgehead atoms. The lowest BCUT2D eigenvalue weighted by molar-refractivity contribution is -0.140. The second-order valence-electron chi connectivity index (χ2n) is 5.97. The number of rotatable bonds is 4. The number of thioether (sulfide) groups is 1. The topological polar surface area (TPSA) is 49.4 Å². The van der Waals surface area contributed by atoms with Gasteiger partial charge in [-0.1, -0.05) is 20.3 Å². The summed E-state index contributed by atoms with van der Waals surface area (Å²) in [6.07, 6.45) is 4.54. The monoisotopic (exact) mass is 298 g/mol. The van der Waals surface area contributed by atoms with Gasteiger partial charge in [0.25, 0.3) is 0 Å². The quantitative estimate of drug-likeness (QED) is 0.865. The Hall–Kier alpha value is -0.710. The van der Waals surface area contributed by atoms with Crippen molar-refractivity contribution < 1.29 is 9.59 Å². The number of carbonyl (C=O) groups is 2. The zero-order valence-corrected chi connectivity index (χ0v) is 13.6. The van der Waals surface area contributed by atoms with Crippen molar-refractivity contribution in [3.63, 3.8) is 0 Å². The van der Waals surface area contributed by atoms with Crippen LogP contribution < -0.4 is 5.32 Å². The third kappa shape index (κ3) is 2.97. The Labute approximate surface area is 126 Å². The van der Waals surface area contributed by atoms with Crippen molar-refractivity contribution in [3.05, 3.63) is 0 Å². The van der Waals surface area contributed by atoms with E-state index < -0.39 is 5.54 Å². The molecule has 1 saturated carbocycles. The third-order valence-corrected chi connectivity index (χ3v) is 5.95. The van der Waals surface area contributed by atoms with E-state index in [2.05, 4.69) is 12.2 Å². The molecular weight excluding hydrogens is 272 g/mol. The lowest BCUT2D eigenvalue weighted by Crippen LogP contribution is -2.57. The predicted molar refractivity (Wildman–Crippen MR) is 82.7 cm³/mol. The Balaban J connectivity index is 2.21. The highest BCUT2D eigenvalue weighted by atomic mass is 32.2. The lowest BCUT2D eigenvalue weighted by Gasteiger charge is -2.37. The first-order valence-corrected chi connectivity index (χ1v) is 8.80.